The van der Waals surface area contributed by atoms with Gasteiger partial charge in [0, 0.05) is 22.5 Å². The number of rotatable bonds is 4. The van der Waals surface area contributed by atoms with Gasteiger partial charge in [-0.2, -0.15) is 0 Å². The van der Waals surface area contributed by atoms with Crippen LogP contribution in [0.2, 0.25) is 10.0 Å². The van der Waals surface area contributed by atoms with Gasteiger partial charge < -0.3 is 5.32 Å². The van der Waals surface area contributed by atoms with Crippen molar-refractivity contribution in [3.05, 3.63) is 55.4 Å². The predicted octanol–water partition coefficient (Wildman–Crippen LogP) is 4.05. The number of halogens is 2. The summed E-state index contributed by atoms with van der Waals surface area (Å²) in [4.78, 5) is 24.8. The average molecular weight is 382 g/mol. The van der Waals surface area contributed by atoms with Crippen LogP contribution in [0.25, 0.3) is 0 Å². The van der Waals surface area contributed by atoms with Gasteiger partial charge in [-0.1, -0.05) is 55.0 Å². The van der Waals surface area contributed by atoms with Gasteiger partial charge in [-0.3, -0.25) is 19.8 Å². The minimum atomic E-state index is -0.331. The van der Waals surface area contributed by atoms with Crippen LogP contribution in [0.1, 0.15) is 60.1 Å². The second-order valence-corrected chi connectivity index (χ2v) is 7.29. The SMILES string of the molecule is O=C(NC1CCCCCC1)c1[nH][nH]c(=O)c1Cc1c(Cl)cccc1Cl. The summed E-state index contributed by atoms with van der Waals surface area (Å²) in [6.45, 7) is 0. The first kappa shape index (κ1) is 18.1. The smallest absolute Gasteiger partial charge is 0.269 e. The molecule has 3 rings (SSSR count). The molecular formula is C18H21Cl2N3O2. The highest BCUT2D eigenvalue weighted by Crippen LogP contribution is 2.26. The summed E-state index contributed by atoms with van der Waals surface area (Å²) >= 11 is 12.4. The molecule has 134 valence electrons. The normalized spacial score (nSPS) is 15.8. The quantitative estimate of drug-likeness (QED) is 0.698. The zero-order valence-corrected chi connectivity index (χ0v) is 15.3. The largest absolute Gasteiger partial charge is 0.348 e. The van der Waals surface area contributed by atoms with Crippen LogP contribution in [0.4, 0.5) is 0 Å². The Bertz CT molecular complexity index is 785. The highest BCUT2D eigenvalue weighted by atomic mass is 35.5. The van der Waals surface area contributed by atoms with Crippen LogP contribution in [0.15, 0.2) is 23.0 Å². The maximum Gasteiger partial charge on any atom is 0.269 e. The average Bonchev–Trinajstić information content (AvgIpc) is 2.78. The number of nitrogens with one attached hydrogen (secondary N) is 3. The molecule has 1 aliphatic carbocycles. The molecule has 0 saturated heterocycles. The Morgan fingerprint density at radius 1 is 1.04 bits per heavy atom. The molecule has 0 atom stereocenters. The monoisotopic (exact) mass is 381 g/mol. The van der Waals surface area contributed by atoms with Crippen molar-refractivity contribution in [2.45, 2.75) is 51.0 Å². The van der Waals surface area contributed by atoms with E-state index in [-0.39, 0.29) is 29.6 Å². The molecule has 1 aromatic carbocycles. The van der Waals surface area contributed by atoms with Crippen molar-refractivity contribution < 1.29 is 4.79 Å². The summed E-state index contributed by atoms with van der Waals surface area (Å²) in [7, 11) is 0. The lowest BCUT2D eigenvalue weighted by atomic mass is 10.0. The first-order chi connectivity index (χ1) is 12.1. The fraction of sp³-hybridized carbons (Fsp3) is 0.444. The summed E-state index contributed by atoms with van der Waals surface area (Å²) < 4.78 is 0. The lowest BCUT2D eigenvalue weighted by Gasteiger charge is -2.16. The minimum Gasteiger partial charge on any atom is -0.348 e. The molecule has 1 saturated carbocycles. The molecule has 0 bridgehead atoms. The molecule has 2 aromatic rings. The summed E-state index contributed by atoms with van der Waals surface area (Å²) in [6.07, 6.45) is 6.82. The number of carbonyl (C=O) groups excluding carboxylic acids is 1. The van der Waals surface area contributed by atoms with Gasteiger partial charge in [-0.25, -0.2) is 0 Å². The van der Waals surface area contributed by atoms with Gasteiger partial charge in [0.25, 0.3) is 11.5 Å². The van der Waals surface area contributed by atoms with Crippen LogP contribution in [-0.4, -0.2) is 22.1 Å². The lowest BCUT2D eigenvalue weighted by Crippen LogP contribution is -2.35. The van der Waals surface area contributed by atoms with Gasteiger partial charge in [0.1, 0.15) is 5.69 Å². The Labute approximate surface area is 156 Å². The Balaban J connectivity index is 1.81. The van der Waals surface area contributed by atoms with Gasteiger partial charge in [0.05, 0.1) is 5.56 Å². The zero-order valence-electron chi connectivity index (χ0n) is 13.8. The number of hydrogen-bond acceptors (Lipinski definition) is 2. The molecule has 1 aliphatic rings. The fourth-order valence-electron chi connectivity index (χ4n) is 3.31. The standard InChI is InChI=1S/C18H21Cl2N3O2/c19-14-8-5-9-15(20)12(14)10-13-16(22-23-17(13)24)18(25)21-11-6-3-1-2-4-7-11/h5,8-9,11H,1-4,6-7,10H2,(H,21,25)(H2,22,23,24). The van der Waals surface area contributed by atoms with Crippen molar-refractivity contribution in [3.63, 3.8) is 0 Å². The van der Waals surface area contributed by atoms with Crippen LogP contribution in [0.3, 0.4) is 0 Å². The van der Waals surface area contributed by atoms with Crippen molar-refractivity contribution in [2.24, 2.45) is 0 Å². The van der Waals surface area contributed by atoms with Gasteiger partial charge in [0.15, 0.2) is 0 Å². The molecule has 1 amide bonds. The molecule has 1 fully saturated rings. The number of hydrogen-bond donors (Lipinski definition) is 3. The van der Waals surface area contributed by atoms with Crippen molar-refractivity contribution in [2.75, 3.05) is 0 Å². The third-order valence-corrected chi connectivity index (χ3v) is 5.42. The third kappa shape index (κ3) is 4.28. The highest BCUT2D eigenvalue weighted by Gasteiger charge is 2.22. The van der Waals surface area contributed by atoms with Crippen molar-refractivity contribution in [1.82, 2.24) is 15.5 Å². The second-order valence-electron chi connectivity index (χ2n) is 6.47. The number of benzene rings is 1. The highest BCUT2D eigenvalue weighted by molar-refractivity contribution is 6.36. The Hall–Kier alpha value is -1.72. The summed E-state index contributed by atoms with van der Waals surface area (Å²) in [6, 6.07) is 5.34. The van der Waals surface area contributed by atoms with Gasteiger partial charge in [0.2, 0.25) is 0 Å². The van der Waals surface area contributed by atoms with E-state index in [1.165, 1.54) is 12.8 Å². The van der Waals surface area contributed by atoms with Crippen LogP contribution in [-0.2, 0) is 6.42 Å². The van der Waals surface area contributed by atoms with Gasteiger partial charge in [-0.05, 0) is 30.5 Å². The topological polar surface area (TPSA) is 77.8 Å². The molecule has 5 nitrogen and oxygen atoms in total. The Kier molecular flexibility index (Phi) is 5.86. The maximum absolute atomic E-state index is 12.7. The molecule has 1 aromatic heterocycles. The van der Waals surface area contributed by atoms with Crippen LogP contribution in [0, 0.1) is 0 Å². The molecule has 0 unspecified atom stereocenters. The van der Waals surface area contributed by atoms with Gasteiger partial charge >= 0.3 is 0 Å². The van der Waals surface area contributed by atoms with E-state index in [9.17, 15) is 9.59 Å². The van der Waals surface area contributed by atoms with Crippen molar-refractivity contribution >= 4 is 29.1 Å². The molecule has 1 heterocycles. The Morgan fingerprint density at radius 2 is 1.68 bits per heavy atom. The van der Waals surface area contributed by atoms with E-state index < -0.39 is 0 Å². The number of aromatic amines is 2. The van der Waals surface area contributed by atoms with E-state index in [4.69, 9.17) is 23.2 Å². The summed E-state index contributed by atoms with van der Waals surface area (Å²) in [5.74, 6) is -0.261. The van der Waals surface area contributed by atoms with Crippen molar-refractivity contribution in [1.29, 1.82) is 0 Å². The Morgan fingerprint density at radius 3 is 2.32 bits per heavy atom. The van der Waals surface area contributed by atoms with Crippen molar-refractivity contribution in [3.8, 4) is 0 Å². The van der Waals surface area contributed by atoms with E-state index in [1.807, 2.05) is 0 Å². The van der Waals surface area contributed by atoms with Crippen LogP contribution in [0.5, 0.6) is 0 Å². The van der Waals surface area contributed by atoms with E-state index >= 15 is 0 Å². The number of aromatic nitrogens is 2. The predicted molar refractivity (Wildman–Crippen MR) is 99.6 cm³/mol. The first-order valence-corrected chi connectivity index (χ1v) is 9.35. The third-order valence-electron chi connectivity index (χ3n) is 4.71. The summed E-state index contributed by atoms with van der Waals surface area (Å²) in [5, 5.41) is 9.20. The lowest BCUT2D eigenvalue weighted by molar-refractivity contribution is 0.0927. The maximum atomic E-state index is 12.7. The first-order valence-electron chi connectivity index (χ1n) is 8.59. The molecule has 3 N–H and O–H groups in total. The number of carbonyl (C=O) groups is 1. The fourth-order valence-corrected chi connectivity index (χ4v) is 3.84. The molecule has 0 aliphatic heterocycles. The van der Waals surface area contributed by atoms with Crippen LogP contribution < -0.4 is 10.9 Å². The molecular weight excluding hydrogens is 361 g/mol. The van der Waals surface area contributed by atoms with Gasteiger partial charge in [-0.15, -0.1) is 0 Å². The zero-order chi connectivity index (χ0) is 17.8. The summed E-state index contributed by atoms with van der Waals surface area (Å²) in [5.41, 5.74) is 0.910. The number of H-pyrrole nitrogens is 2. The van der Waals surface area contributed by atoms with Crippen LogP contribution >= 0.6 is 23.2 Å². The second kappa shape index (κ2) is 8.11. The van der Waals surface area contributed by atoms with E-state index in [0.29, 0.717) is 21.2 Å². The molecule has 25 heavy (non-hydrogen) atoms. The molecule has 0 spiro atoms. The minimum absolute atomic E-state index is 0.158. The van der Waals surface area contributed by atoms with E-state index in [2.05, 4.69) is 15.5 Å². The van der Waals surface area contributed by atoms with E-state index in [0.717, 1.165) is 25.7 Å². The number of amides is 1. The van der Waals surface area contributed by atoms with E-state index in [1.54, 1.807) is 18.2 Å². The molecule has 0 radical (unpaired) electrons. The molecule has 7 heteroatoms.